The highest BCUT2D eigenvalue weighted by atomic mass is 16.6. The SMILES string of the molecule is CCC(=O)C(=O)C(CC1CCC1)C1CCCN1C(=O)C(NC(=O)OC(C)C)C1CCCCC1. The summed E-state index contributed by atoms with van der Waals surface area (Å²) >= 11 is 0. The fourth-order valence-electron chi connectivity index (χ4n) is 5.79. The minimum atomic E-state index is -0.640. The van der Waals surface area contributed by atoms with Crippen LogP contribution in [0.4, 0.5) is 4.79 Å². The minimum absolute atomic E-state index is 0.0743. The van der Waals surface area contributed by atoms with Gasteiger partial charge in [-0.3, -0.25) is 14.4 Å². The van der Waals surface area contributed by atoms with Gasteiger partial charge in [-0.1, -0.05) is 45.4 Å². The Morgan fingerprint density at radius 3 is 2.21 bits per heavy atom. The molecule has 3 fully saturated rings. The number of nitrogens with zero attached hydrogens (tertiary/aromatic N) is 1. The van der Waals surface area contributed by atoms with E-state index in [-0.39, 0.29) is 42.0 Å². The van der Waals surface area contributed by atoms with E-state index in [2.05, 4.69) is 5.32 Å². The lowest BCUT2D eigenvalue weighted by atomic mass is 9.74. The van der Waals surface area contributed by atoms with Crippen LogP contribution in [0.15, 0.2) is 0 Å². The van der Waals surface area contributed by atoms with Crippen molar-refractivity contribution in [2.75, 3.05) is 6.54 Å². The number of alkyl carbamates (subject to hydrolysis) is 1. The molecule has 7 heteroatoms. The second kappa shape index (κ2) is 12.0. The van der Waals surface area contributed by atoms with Crippen LogP contribution in [-0.2, 0) is 19.1 Å². The molecule has 0 aromatic rings. The van der Waals surface area contributed by atoms with Gasteiger partial charge in [-0.25, -0.2) is 4.79 Å². The van der Waals surface area contributed by atoms with Crippen molar-refractivity contribution in [2.45, 2.75) is 116 Å². The van der Waals surface area contributed by atoms with Gasteiger partial charge >= 0.3 is 6.09 Å². The number of likely N-dealkylation sites (tertiary alicyclic amines) is 1. The lowest BCUT2D eigenvalue weighted by molar-refractivity contribution is -0.144. The zero-order valence-corrected chi connectivity index (χ0v) is 20.6. The van der Waals surface area contributed by atoms with Crippen molar-refractivity contribution in [3.8, 4) is 0 Å². The van der Waals surface area contributed by atoms with Gasteiger partial charge in [0.1, 0.15) is 6.04 Å². The second-order valence-corrected chi connectivity index (χ2v) is 10.5. The van der Waals surface area contributed by atoms with E-state index in [0.717, 1.165) is 57.8 Å². The maximum absolute atomic E-state index is 13.9. The number of hydrogen-bond acceptors (Lipinski definition) is 5. The Morgan fingerprint density at radius 2 is 1.64 bits per heavy atom. The van der Waals surface area contributed by atoms with E-state index in [9.17, 15) is 19.2 Å². The maximum atomic E-state index is 13.9. The normalized spacial score (nSPS) is 23.6. The van der Waals surface area contributed by atoms with Crippen molar-refractivity contribution in [1.29, 1.82) is 0 Å². The number of Topliss-reactive ketones (excluding diaryl/α,β-unsaturated/α-hetero) is 2. The summed E-state index contributed by atoms with van der Waals surface area (Å²) in [4.78, 5) is 53.6. The third kappa shape index (κ3) is 6.57. The lowest BCUT2D eigenvalue weighted by Gasteiger charge is -2.38. The summed E-state index contributed by atoms with van der Waals surface area (Å²) in [6.07, 6.45) is 10.0. The monoisotopic (exact) mass is 462 g/mol. The number of carbonyl (C=O) groups excluding carboxylic acids is 4. The third-order valence-electron chi connectivity index (χ3n) is 7.79. The largest absolute Gasteiger partial charge is 0.447 e. The Bertz CT molecular complexity index is 711. The first-order valence-electron chi connectivity index (χ1n) is 13.2. The highest BCUT2D eigenvalue weighted by Crippen LogP contribution is 2.38. The summed E-state index contributed by atoms with van der Waals surface area (Å²) in [7, 11) is 0. The van der Waals surface area contributed by atoms with Crippen LogP contribution in [0.5, 0.6) is 0 Å². The molecule has 0 radical (unpaired) electrons. The van der Waals surface area contributed by atoms with Gasteiger partial charge in [0.05, 0.1) is 6.10 Å². The molecule has 186 valence electrons. The number of rotatable bonds is 10. The molecule has 3 atom stereocenters. The summed E-state index contributed by atoms with van der Waals surface area (Å²) < 4.78 is 5.30. The summed E-state index contributed by atoms with van der Waals surface area (Å²) in [5.74, 6) is -0.638. The second-order valence-electron chi connectivity index (χ2n) is 10.5. The Morgan fingerprint density at radius 1 is 0.939 bits per heavy atom. The van der Waals surface area contributed by atoms with Crippen molar-refractivity contribution in [2.24, 2.45) is 17.8 Å². The average molecular weight is 463 g/mol. The molecule has 33 heavy (non-hydrogen) atoms. The predicted octanol–water partition coefficient (Wildman–Crippen LogP) is 4.42. The Balaban J connectivity index is 1.80. The van der Waals surface area contributed by atoms with E-state index in [4.69, 9.17) is 4.74 Å². The summed E-state index contributed by atoms with van der Waals surface area (Å²) in [6, 6.07) is -0.895. The molecule has 1 aliphatic heterocycles. The van der Waals surface area contributed by atoms with Crippen LogP contribution in [0.1, 0.15) is 97.8 Å². The van der Waals surface area contributed by atoms with Crippen LogP contribution in [-0.4, -0.2) is 53.2 Å². The van der Waals surface area contributed by atoms with Crippen molar-refractivity contribution in [3.05, 3.63) is 0 Å². The first-order valence-corrected chi connectivity index (χ1v) is 13.2. The summed E-state index contributed by atoms with van der Waals surface area (Å²) in [5, 5.41) is 2.88. The molecule has 2 saturated carbocycles. The zero-order chi connectivity index (χ0) is 24.0. The molecule has 2 amide bonds. The Kier molecular flexibility index (Phi) is 9.33. The predicted molar refractivity (Wildman–Crippen MR) is 126 cm³/mol. The van der Waals surface area contributed by atoms with Crippen molar-refractivity contribution < 1.29 is 23.9 Å². The van der Waals surface area contributed by atoms with E-state index in [1.807, 2.05) is 4.90 Å². The summed E-state index contributed by atoms with van der Waals surface area (Å²) in [6.45, 7) is 5.87. The van der Waals surface area contributed by atoms with Crippen LogP contribution in [0.2, 0.25) is 0 Å². The van der Waals surface area contributed by atoms with E-state index < -0.39 is 18.1 Å². The first-order chi connectivity index (χ1) is 15.8. The highest BCUT2D eigenvalue weighted by Gasteiger charge is 2.44. The van der Waals surface area contributed by atoms with Crippen LogP contribution in [0.25, 0.3) is 0 Å². The van der Waals surface area contributed by atoms with E-state index in [1.165, 1.54) is 6.42 Å². The number of amides is 2. The molecule has 0 bridgehead atoms. The third-order valence-corrected chi connectivity index (χ3v) is 7.79. The zero-order valence-electron chi connectivity index (χ0n) is 20.6. The minimum Gasteiger partial charge on any atom is -0.447 e. The number of carbonyl (C=O) groups is 4. The molecule has 3 aliphatic rings. The van der Waals surface area contributed by atoms with E-state index in [1.54, 1.807) is 20.8 Å². The van der Waals surface area contributed by atoms with Gasteiger partial charge in [-0.05, 0) is 57.8 Å². The standard InChI is InChI=1S/C26H42N2O5/c1-4-22(29)24(30)20(16-18-10-8-11-18)21-14-9-15-28(21)25(31)23(19-12-6-5-7-13-19)27-26(32)33-17(2)3/h17-21,23H,4-16H2,1-3H3,(H,27,32). The molecular formula is C26H42N2O5. The summed E-state index contributed by atoms with van der Waals surface area (Å²) in [5.41, 5.74) is 0. The van der Waals surface area contributed by atoms with Gasteiger partial charge in [0, 0.05) is 24.9 Å². The lowest BCUT2D eigenvalue weighted by Crippen LogP contribution is -2.56. The molecule has 3 rings (SSSR count). The smallest absolute Gasteiger partial charge is 0.408 e. The topological polar surface area (TPSA) is 92.8 Å². The maximum Gasteiger partial charge on any atom is 0.408 e. The molecule has 7 nitrogen and oxygen atoms in total. The molecule has 1 N–H and O–H groups in total. The highest BCUT2D eigenvalue weighted by molar-refractivity contribution is 6.38. The fraction of sp³-hybridized carbons (Fsp3) is 0.846. The van der Waals surface area contributed by atoms with Crippen LogP contribution >= 0.6 is 0 Å². The Labute approximate surface area is 198 Å². The molecule has 1 heterocycles. The molecule has 1 saturated heterocycles. The molecule has 0 aromatic carbocycles. The Hall–Kier alpha value is -1.92. The van der Waals surface area contributed by atoms with Crippen molar-refractivity contribution in [1.82, 2.24) is 10.2 Å². The van der Waals surface area contributed by atoms with Gasteiger partial charge in [0.2, 0.25) is 11.7 Å². The number of nitrogens with one attached hydrogen (secondary N) is 1. The van der Waals surface area contributed by atoms with Crippen molar-refractivity contribution in [3.63, 3.8) is 0 Å². The molecule has 3 unspecified atom stereocenters. The van der Waals surface area contributed by atoms with Crippen molar-refractivity contribution >= 4 is 23.6 Å². The molecular weight excluding hydrogens is 420 g/mol. The van der Waals surface area contributed by atoms with Gasteiger partial charge in [-0.2, -0.15) is 0 Å². The fourth-order valence-corrected chi connectivity index (χ4v) is 5.79. The van der Waals surface area contributed by atoms with Gasteiger partial charge < -0.3 is 15.0 Å². The van der Waals surface area contributed by atoms with Crippen LogP contribution in [0.3, 0.4) is 0 Å². The quantitative estimate of drug-likeness (QED) is 0.485. The van der Waals surface area contributed by atoms with E-state index >= 15 is 0 Å². The number of hydrogen-bond donors (Lipinski definition) is 1. The molecule has 0 aromatic heterocycles. The number of ether oxygens (including phenoxy) is 1. The van der Waals surface area contributed by atoms with Crippen LogP contribution in [0, 0.1) is 17.8 Å². The number of ketones is 2. The van der Waals surface area contributed by atoms with E-state index in [0.29, 0.717) is 18.9 Å². The molecule has 0 spiro atoms. The first kappa shape index (κ1) is 25.7. The average Bonchev–Trinajstić information content (AvgIpc) is 3.25. The van der Waals surface area contributed by atoms with Gasteiger partial charge in [0.25, 0.3) is 0 Å². The van der Waals surface area contributed by atoms with Gasteiger partial charge in [0.15, 0.2) is 5.78 Å². The van der Waals surface area contributed by atoms with Gasteiger partial charge in [-0.15, -0.1) is 0 Å². The molecule has 2 aliphatic carbocycles. The van der Waals surface area contributed by atoms with Crippen LogP contribution < -0.4 is 5.32 Å².